The number of unbranched alkanes of at least 4 members (excludes halogenated alkanes) is 1. The lowest BCUT2D eigenvalue weighted by Crippen LogP contribution is -2.28. The van der Waals surface area contributed by atoms with Gasteiger partial charge in [0, 0.05) is 6.54 Å². The van der Waals surface area contributed by atoms with Gasteiger partial charge in [0.05, 0.1) is 0 Å². The van der Waals surface area contributed by atoms with Crippen molar-refractivity contribution in [2.24, 2.45) is 0 Å². The van der Waals surface area contributed by atoms with Crippen molar-refractivity contribution in [3.8, 4) is 6.07 Å². The van der Waals surface area contributed by atoms with Gasteiger partial charge in [-0.1, -0.05) is 13.3 Å². The summed E-state index contributed by atoms with van der Waals surface area (Å²) in [7, 11) is 0. The van der Waals surface area contributed by atoms with E-state index in [1.807, 2.05) is 0 Å². The maximum atomic E-state index is 11.3. The van der Waals surface area contributed by atoms with Crippen LogP contribution in [0.1, 0.15) is 25.6 Å². The predicted octanol–water partition coefficient (Wildman–Crippen LogP) is 0.0661. The Morgan fingerprint density at radius 3 is 3.13 bits per heavy atom. The molecular formula is C9H13N5O. The summed E-state index contributed by atoms with van der Waals surface area (Å²) < 4.78 is 1.35. The molecule has 1 aromatic rings. The van der Waals surface area contributed by atoms with Gasteiger partial charge < -0.3 is 5.32 Å². The maximum Gasteiger partial charge on any atom is 0.252 e. The normalized spacial score (nSPS) is 9.60. The van der Waals surface area contributed by atoms with Crippen LogP contribution in [0.5, 0.6) is 0 Å². The molecule has 0 atom stereocenters. The molecule has 0 aliphatic heterocycles. The van der Waals surface area contributed by atoms with Gasteiger partial charge in [-0.25, -0.2) is 9.67 Å². The number of amides is 1. The maximum absolute atomic E-state index is 11.3. The molecule has 80 valence electrons. The number of carbonyl (C=O) groups is 1. The van der Waals surface area contributed by atoms with E-state index >= 15 is 0 Å². The minimum Gasteiger partial charge on any atom is -0.354 e. The number of nitrogens with one attached hydrogen (secondary N) is 1. The third-order valence-electron chi connectivity index (χ3n) is 1.79. The number of carbonyl (C=O) groups excluding carboxylic acids is 1. The SMILES string of the molecule is CCCCNC(=O)Cn1cnc(C#N)n1. The third-order valence-corrected chi connectivity index (χ3v) is 1.79. The average Bonchev–Trinajstić information content (AvgIpc) is 2.66. The van der Waals surface area contributed by atoms with Gasteiger partial charge in [0.15, 0.2) is 0 Å². The summed E-state index contributed by atoms with van der Waals surface area (Å²) in [5.41, 5.74) is 0. The molecule has 1 heterocycles. The van der Waals surface area contributed by atoms with Gasteiger partial charge in [0.25, 0.3) is 5.82 Å². The van der Waals surface area contributed by atoms with Crippen molar-refractivity contribution >= 4 is 5.91 Å². The fraction of sp³-hybridized carbons (Fsp3) is 0.556. The number of rotatable bonds is 5. The Kier molecular flexibility index (Phi) is 4.29. The number of nitrogens with zero attached hydrogens (tertiary/aromatic N) is 4. The van der Waals surface area contributed by atoms with Crippen LogP contribution in [0.15, 0.2) is 6.33 Å². The Labute approximate surface area is 87.9 Å². The predicted molar refractivity (Wildman–Crippen MR) is 52.7 cm³/mol. The molecule has 0 aliphatic rings. The van der Waals surface area contributed by atoms with E-state index < -0.39 is 0 Å². The average molecular weight is 207 g/mol. The molecule has 1 amide bonds. The smallest absolute Gasteiger partial charge is 0.252 e. The molecule has 0 radical (unpaired) electrons. The summed E-state index contributed by atoms with van der Waals surface area (Å²) in [5.74, 6) is -0.0332. The van der Waals surface area contributed by atoms with Crippen molar-refractivity contribution < 1.29 is 4.79 Å². The van der Waals surface area contributed by atoms with E-state index in [9.17, 15) is 4.79 Å². The molecule has 6 nitrogen and oxygen atoms in total. The lowest BCUT2D eigenvalue weighted by molar-refractivity contribution is -0.121. The molecular weight excluding hydrogens is 194 g/mol. The molecule has 15 heavy (non-hydrogen) atoms. The number of nitriles is 1. The molecule has 0 aromatic carbocycles. The Hall–Kier alpha value is -1.90. The summed E-state index contributed by atoms with van der Waals surface area (Å²) in [5, 5.41) is 15.0. The van der Waals surface area contributed by atoms with Crippen LogP contribution in [0.3, 0.4) is 0 Å². The molecule has 0 fully saturated rings. The highest BCUT2D eigenvalue weighted by molar-refractivity contribution is 5.75. The molecule has 0 spiro atoms. The largest absolute Gasteiger partial charge is 0.354 e. The van der Waals surface area contributed by atoms with Gasteiger partial charge in [-0.15, -0.1) is 5.10 Å². The van der Waals surface area contributed by atoms with Crippen molar-refractivity contribution in [1.29, 1.82) is 5.26 Å². The standard InChI is InChI=1S/C9H13N5O/c1-2-3-4-11-9(15)6-14-7-12-8(5-10)13-14/h7H,2-4,6H2,1H3,(H,11,15). The quantitative estimate of drug-likeness (QED) is 0.692. The molecule has 1 rings (SSSR count). The van der Waals surface area contributed by atoms with Crippen LogP contribution in [0.25, 0.3) is 0 Å². The summed E-state index contributed by atoms with van der Waals surface area (Å²) in [6.45, 7) is 2.84. The molecule has 0 bridgehead atoms. The summed E-state index contributed by atoms with van der Waals surface area (Å²) in [6.07, 6.45) is 3.38. The van der Waals surface area contributed by atoms with Crippen LogP contribution in [0, 0.1) is 11.3 Å². The van der Waals surface area contributed by atoms with Crippen LogP contribution < -0.4 is 5.32 Å². The van der Waals surface area contributed by atoms with Gasteiger partial charge in [0.2, 0.25) is 5.91 Å². The molecule has 1 N–H and O–H groups in total. The molecule has 0 saturated heterocycles. The minimum atomic E-state index is -0.113. The van der Waals surface area contributed by atoms with Crippen LogP contribution in [0.2, 0.25) is 0 Å². The summed E-state index contributed by atoms with van der Waals surface area (Å²) >= 11 is 0. The zero-order valence-corrected chi connectivity index (χ0v) is 8.60. The number of hydrogen-bond acceptors (Lipinski definition) is 4. The van der Waals surface area contributed by atoms with E-state index in [2.05, 4.69) is 22.3 Å². The van der Waals surface area contributed by atoms with Crippen LogP contribution in [-0.2, 0) is 11.3 Å². The molecule has 0 unspecified atom stereocenters. The van der Waals surface area contributed by atoms with Crippen LogP contribution in [0.4, 0.5) is 0 Å². The lowest BCUT2D eigenvalue weighted by Gasteiger charge is -2.02. The fourth-order valence-electron chi connectivity index (χ4n) is 1.03. The van der Waals surface area contributed by atoms with E-state index in [1.54, 1.807) is 6.07 Å². The number of hydrogen-bond donors (Lipinski definition) is 1. The van der Waals surface area contributed by atoms with E-state index in [4.69, 9.17) is 5.26 Å². The second-order valence-corrected chi connectivity index (χ2v) is 3.08. The topological polar surface area (TPSA) is 83.6 Å². The van der Waals surface area contributed by atoms with E-state index in [1.165, 1.54) is 11.0 Å². The Balaban J connectivity index is 2.35. The van der Waals surface area contributed by atoms with Crippen molar-refractivity contribution in [1.82, 2.24) is 20.1 Å². The highest BCUT2D eigenvalue weighted by atomic mass is 16.2. The first-order chi connectivity index (χ1) is 7.26. The minimum absolute atomic E-state index is 0.0800. The second kappa shape index (κ2) is 5.75. The first-order valence-electron chi connectivity index (χ1n) is 4.82. The van der Waals surface area contributed by atoms with Gasteiger partial charge in [0.1, 0.15) is 18.9 Å². The monoisotopic (exact) mass is 207 g/mol. The lowest BCUT2D eigenvalue weighted by atomic mass is 10.3. The Morgan fingerprint density at radius 2 is 2.53 bits per heavy atom. The van der Waals surface area contributed by atoms with Gasteiger partial charge in [-0.2, -0.15) is 5.26 Å². The second-order valence-electron chi connectivity index (χ2n) is 3.08. The van der Waals surface area contributed by atoms with Gasteiger partial charge in [-0.3, -0.25) is 4.79 Å². The molecule has 0 aliphatic carbocycles. The van der Waals surface area contributed by atoms with Crippen LogP contribution in [-0.4, -0.2) is 27.2 Å². The Morgan fingerprint density at radius 1 is 1.73 bits per heavy atom. The number of aromatic nitrogens is 3. The van der Waals surface area contributed by atoms with E-state index in [0.717, 1.165) is 12.8 Å². The Bertz CT molecular complexity index is 365. The zero-order chi connectivity index (χ0) is 11.1. The summed E-state index contributed by atoms with van der Waals surface area (Å²) in [4.78, 5) is 15.0. The highest BCUT2D eigenvalue weighted by Crippen LogP contribution is 1.88. The molecule has 1 aromatic heterocycles. The fourth-order valence-corrected chi connectivity index (χ4v) is 1.03. The van der Waals surface area contributed by atoms with Crippen molar-refractivity contribution in [3.63, 3.8) is 0 Å². The third kappa shape index (κ3) is 3.77. The van der Waals surface area contributed by atoms with E-state index in [-0.39, 0.29) is 18.3 Å². The zero-order valence-electron chi connectivity index (χ0n) is 8.60. The van der Waals surface area contributed by atoms with Crippen molar-refractivity contribution in [3.05, 3.63) is 12.2 Å². The van der Waals surface area contributed by atoms with Crippen molar-refractivity contribution in [2.45, 2.75) is 26.3 Å². The summed E-state index contributed by atoms with van der Waals surface area (Å²) in [6, 6.07) is 1.80. The van der Waals surface area contributed by atoms with Crippen molar-refractivity contribution in [2.75, 3.05) is 6.54 Å². The highest BCUT2D eigenvalue weighted by Gasteiger charge is 2.04. The van der Waals surface area contributed by atoms with Gasteiger partial charge >= 0.3 is 0 Å². The first-order valence-corrected chi connectivity index (χ1v) is 4.82. The van der Waals surface area contributed by atoms with E-state index in [0.29, 0.717) is 6.54 Å². The molecule has 0 saturated carbocycles. The van der Waals surface area contributed by atoms with Gasteiger partial charge in [-0.05, 0) is 6.42 Å². The first kappa shape index (κ1) is 11.2. The van der Waals surface area contributed by atoms with Crippen LogP contribution >= 0.6 is 0 Å². The molecule has 6 heteroatoms.